The van der Waals surface area contributed by atoms with Crippen molar-refractivity contribution < 1.29 is 4.74 Å². The van der Waals surface area contributed by atoms with Gasteiger partial charge in [0.05, 0.1) is 6.61 Å². The highest BCUT2D eigenvalue weighted by atomic mass is 35.5. The van der Waals surface area contributed by atoms with Crippen molar-refractivity contribution in [3.8, 4) is 17.0 Å². The van der Waals surface area contributed by atoms with Gasteiger partial charge in [-0.25, -0.2) is 0 Å². The Labute approximate surface area is 109 Å². The molecule has 2 aromatic rings. The summed E-state index contributed by atoms with van der Waals surface area (Å²) in [6.45, 7) is 2.33. The van der Waals surface area contributed by atoms with Crippen molar-refractivity contribution in [2.24, 2.45) is 0 Å². The van der Waals surface area contributed by atoms with Crippen molar-refractivity contribution >= 4 is 23.2 Å². The number of aromatic nitrogens is 2. The summed E-state index contributed by atoms with van der Waals surface area (Å²) in [6, 6.07) is 9.54. The van der Waals surface area contributed by atoms with Gasteiger partial charge in [0.1, 0.15) is 10.7 Å². The molecule has 0 spiro atoms. The molecule has 0 radical (unpaired) electrons. The van der Waals surface area contributed by atoms with Crippen molar-refractivity contribution in [2.45, 2.75) is 6.92 Å². The summed E-state index contributed by atoms with van der Waals surface area (Å²) in [6.07, 6.45) is 0. The number of benzene rings is 1. The zero-order valence-electron chi connectivity index (χ0n) is 9.15. The minimum absolute atomic E-state index is 0.177. The van der Waals surface area contributed by atoms with Crippen molar-refractivity contribution in [3.63, 3.8) is 0 Å². The molecule has 0 aliphatic heterocycles. The van der Waals surface area contributed by atoms with Gasteiger partial charge >= 0.3 is 0 Å². The van der Waals surface area contributed by atoms with Gasteiger partial charge in [-0.05, 0) is 6.92 Å². The summed E-state index contributed by atoms with van der Waals surface area (Å²) in [5, 5.41) is 8.40. The van der Waals surface area contributed by atoms with Crippen LogP contribution in [0.2, 0.25) is 10.2 Å². The van der Waals surface area contributed by atoms with E-state index in [1.54, 1.807) is 0 Å². The number of hydrogen-bond donors (Lipinski definition) is 0. The van der Waals surface area contributed by atoms with E-state index in [1.165, 1.54) is 0 Å². The molecule has 0 aliphatic carbocycles. The van der Waals surface area contributed by atoms with E-state index in [4.69, 9.17) is 27.9 Å². The largest absolute Gasteiger partial charge is 0.489 e. The quantitative estimate of drug-likeness (QED) is 0.848. The Morgan fingerprint density at radius 2 is 1.82 bits per heavy atom. The molecule has 17 heavy (non-hydrogen) atoms. The number of rotatable bonds is 3. The van der Waals surface area contributed by atoms with E-state index in [-0.39, 0.29) is 5.15 Å². The third-order valence-electron chi connectivity index (χ3n) is 2.17. The Hall–Kier alpha value is -1.32. The first-order chi connectivity index (χ1) is 8.24. The third kappa shape index (κ3) is 2.51. The van der Waals surface area contributed by atoms with Crippen LogP contribution in [0, 0.1) is 0 Å². The van der Waals surface area contributed by atoms with E-state index < -0.39 is 0 Å². The molecule has 1 aromatic heterocycles. The van der Waals surface area contributed by atoms with Crippen LogP contribution in [-0.2, 0) is 0 Å². The van der Waals surface area contributed by atoms with Crippen LogP contribution in [0.1, 0.15) is 6.92 Å². The smallest absolute Gasteiger partial charge is 0.195 e. The lowest BCUT2D eigenvalue weighted by atomic mass is 10.1. The van der Waals surface area contributed by atoms with E-state index in [0.29, 0.717) is 23.1 Å². The number of ether oxygens (including phenoxy) is 1. The van der Waals surface area contributed by atoms with Gasteiger partial charge in [-0.1, -0.05) is 53.5 Å². The molecular weight excluding hydrogens is 259 g/mol. The first-order valence-electron chi connectivity index (χ1n) is 5.14. The van der Waals surface area contributed by atoms with Crippen molar-refractivity contribution in [3.05, 3.63) is 40.5 Å². The molecule has 2 rings (SSSR count). The Morgan fingerprint density at radius 1 is 1.12 bits per heavy atom. The monoisotopic (exact) mass is 268 g/mol. The van der Waals surface area contributed by atoms with E-state index >= 15 is 0 Å². The standard InChI is InChI=1S/C12H10Cl2N2O/c1-2-17-11-9(13)10(15-16-12(11)14)8-6-4-3-5-7-8/h3-7H,2H2,1H3. The highest BCUT2D eigenvalue weighted by Crippen LogP contribution is 2.37. The Bertz CT molecular complexity index is 517. The fourth-order valence-corrected chi connectivity index (χ4v) is 1.96. The molecule has 0 unspecified atom stereocenters. The fourth-order valence-electron chi connectivity index (χ4n) is 1.43. The molecule has 5 heteroatoms. The van der Waals surface area contributed by atoms with Crippen LogP contribution in [0.15, 0.2) is 30.3 Å². The molecule has 3 nitrogen and oxygen atoms in total. The zero-order valence-corrected chi connectivity index (χ0v) is 10.7. The maximum Gasteiger partial charge on any atom is 0.195 e. The predicted octanol–water partition coefficient (Wildman–Crippen LogP) is 3.85. The SMILES string of the molecule is CCOc1c(Cl)nnc(-c2ccccc2)c1Cl. The lowest BCUT2D eigenvalue weighted by Gasteiger charge is -2.09. The minimum Gasteiger partial charge on any atom is -0.489 e. The molecule has 1 aromatic carbocycles. The second kappa shape index (κ2) is 5.34. The van der Waals surface area contributed by atoms with E-state index in [2.05, 4.69) is 10.2 Å². The van der Waals surface area contributed by atoms with Crippen molar-refractivity contribution in [2.75, 3.05) is 6.61 Å². The summed E-state index contributed by atoms with van der Waals surface area (Å²) >= 11 is 12.1. The molecule has 0 saturated heterocycles. The molecular formula is C12H10Cl2N2O. The summed E-state index contributed by atoms with van der Waals surface area (Å²) in [7, 11) is 0. The number of nitrogens with zero attached hydrogens (tertiary/aromatic N) is 2. The van der Waals surface area contributed by atoms with Crippen molar-refractivity contribution in [1.29, 1.82) is 0 Å². The lowest BCUT2D eigenvalue weighted by molar-refractivity contribution is 0.338. The van der Waals surface area contributed by atoms with Gasteiger partial charge in [0.2, 0.25) is 0 Å². The molecule has 0 aliphatic rings. The summed E-state index contributed by atoms with van der Waals surface area (Å²) in [5.41, 5.74) is 1.45. The van der Waals surface area contributed by atoms with Crippen LogP contribution in [0.4, 0.5) is 0 Å². The molecule has 0 atom stereocenters. The molecule has 0 amide bonds. The van der Waals surface area contributed by atoms with Gasteiger partial charge in [0, 0.05) is 5.56 Å². The topological polar surface area (TPSA) is 35.0 Å². The van der Waals surface area contributed by atoms with E-state index in [1.807, 2.05) is 37.3 Å². The van der Waals surface area contributed by atoms with Gasteiger partial charge in [0.25, 0.3) is 0 Å². The molecule has 0 saturated carbocycles. The first-order valence-corrected chi connectivity index (χ1v) is 5.89. The van der Waals surface area contributed by atoms with Crippen LogP contribution in [0.5, 0.6) is 5.75 Å². The minimum atomic E-state index is 0.177. The Balaban J connectivity index is 2.53. The van der Waals surface area contributed by atoms with Crippen molar-refractivity contribution in [1.82, 2.24) is 10.2 Å². The van der Waals surface area contributed by atoms with Crippen LogP contribution >= 0.6 is 23.2 Å². The highest BCUT2D eigenvalue weighted by molar-refractivity contribution is 6.38. The van der Waals surface area contributed by atoms with Crippen LogP contribution in [0.3, 0.4) is 0 Å². The summed E-state index contributed by atoms with van der Waals surface area (Å²) in [4.78, 5) is 0. The Kier molecular flexibility index (Phi) is 3.82. The third-order valence-corrected chi connectivity index (χ3v) is 2.77. The Morgan fingerprint density at radius 3 is 2.47 bits per heavy atom. The number of halogens is 2. The highest BCUT2D eigenvalue weighted by Gasteiger charge is 2.15. The predicted molar refractivity (Wildman–Crippen MR) is 68.7 cm³/mol. The average molecular weight is 269 g/mol. The summed E-state index contributed by atoms with van der Waals surface area (Å²) < 4.78 is 5.36. The molecule has 0 fully saturated rings. The summed E-state index contributed by atoms with van der Waals surface area (Å²) in [5.74, 6) is 0.379. The maximum atomic E-state index is 6.22. The first kappa shape index (κ1) is 12.1. The zero-order chi connectivity index (χ0) is 12.3. The lowest BCUT2D eigenvalue weighted by Crippen LogP contribution is -1.98. The van der Waals surface area contributed by atoms with Gasteiger partial charge in [-0.2, -0.15) is 0 Å². The average Bonchev–Trinajstić information content (AvgIpc) is 2.36. The van der Waals surface area contributed by atoms with E-state index in [9.17, 15) is 0 Å². The van der Waals surface area contributed by atoms with Gasteiger partial charge in [-0.3, -0.25) is 0 Å². The molecule has 0 N–H and O–H groups in total. The van der Waals surface area contributed by atoms with Crippen LogP contribution in [0.25, 0.3) is 11.3 Å². The number of hydrogen-bond acceptors (Lipinski definition) is 3. The molecule has 1 heterocycles. The van der Waals surface area contributed by atoms with Crippen LogP contribution < -0.4 is 4.74 Å². The second-order valence-electron chi connectivity index (χ2n) is 3.28. The van der Waals surface area contributed by atoms with Gasteiger partial charge < -0.3 is 4.74 Å². The van der Waals surface area contributed by atoms with Gasteiger partial charge in [-0.15, -0.1) is 10.2 Å². The van der Waals surface area contributed by atoms with Gasteiger partial charge in [0.15, 0.2) is 10.9 Å². The fraction of sp³-hybridized carbons (Fsp3) is 0.167. The second-order valence-corrected chi connectivity index (χ2v) is 4.02. The molecule has 0 bridgehead atoms. The van der Waals surface area contributed by atoms with Crippen LogP contribution in [-0.4, -0.2) is 16.8 Å². The van der Waals surface area contributed by atoms with E-state index in [0.717, 1.165) is 5.56 Å². The maximum absolute atomic E-state index is 6.22. The normalized spacial score (nSPS) is 10.3. The molecule has 88 valence electrons.